The summed E-state index contributed by atoms with van der Waals surface area (Å²) in [5.74, 6) is -2.03. The number of nitrogens with one attached hydrogen (secondary N) is 1. The summed E-state index contributed by atoms with van der Waals surface area (Å²) in [4.78, 5) is 48.3. The van der Waals surface area contributed by atoms with Crippen LogP contribution in [0.1, 0.15) is 16.8 Å². The molecule has 3 aromatic rings. The fraction of sp³-hybridized carbons (Fsp3) is 0.0909. The first kappa shape index (κ1) is 21.8. The molecule has 9 heteroatoms. The monoisotopic (exact) mass is 439 g/mol. The average molecular weight is 440 g/mol. The molecule has 2 amide bonds. The van der Waals surface area contributed by atoms with E-state index in [-0.39, 0.29) is 16.9 Å². The van der Waals surface area contributed by atoms with Crippen LogP contribution in [0.15, 0.2) is 77.7 Å². The second-order valence-electron chi connectivity index (χ2n) is 6.53. The van der Waals surface area contributed by atoms with Gasteiger partial charge in [0, 0.05) is 28.5 Å². The van der Waals surface area contributed by atoms with Crippen LogP contribution in [0.5, 0.6) is 5.75 Å². The molecule has 3 N–H and O–H groups in total. The number of esters is 1. The van der Waals surface area contributed by atoms with E-state index in [1.165, 1.54) is 47.0 Å². The molecule has 0 saturated heterocycles. The molecule has 0 aliphatic heterocycles. The summed E-state index contributed by atoms with van der Waals surface area (Å²) in [7, 11) is 0. The molecule has 2 aromatic carbocycles. The first-order valence-electron chi connectivity index (χ1n) is 9.18. The highest BCUT2D eigenvalue weighted by Crippen LogP contribution is 2.16. The lowest BCUT2D eigenvalue weighted by atomic mass is 10.1. The Morgan fingerprint density at radius 2 is 1.68 bits per heavy atom. The molecule has 0 aliphatic rings. The Labute approximate surface area is 182 Å². The molecule has 158 valence electrons. The fourth-order valence-electron chi connectivity index (χ4n) is 2.74. The molecular formula is C22H18ClN3O5. The molecule has 0 aliphatic carbocycles. The normalized spacial score (nSPS) is 11.4. The number of carbonyl (C=O) groups excluding carboxylic acids is 3. The van der Waals surface area contributed by atoms with Crippen LogP contribution in [0.4, 0.5) is 0 Å². The molecule has 0 saturated carbocycles. The molecule has 8 nitrogen and oxygen atoms in total. The van der Waals surface area contributed by atoms with Crippen molar-refractivity contribution >= 4 is 29.4 Å². The lowest BCUT2D eigenvalue weighted by Gasteiger charge is -2.16. The highest BCUT2D eigenvalue weighted by atomic mass is 35.5. The van der Waals surface area contributed by atoms with E-state index in [2.05, 4.69) is 5.32 Å². The zero-order valence-corrected chi connectivity index (χ0v) is 16.9. The largest absolute Gasteiger partial charge is 0.425 e. The topological polar surface area (TPSA) is 120 Å². The average Bonchev–Trinajstić information content (AvgIpc) is 2.75. The predicted molar refractivity (Wildman–Crippen MR) is 114 cm³/mol. The second kappa shape index (κ2) is 9.73. The van der Waals surface area contributed by atoms with Gasteiger partial charge in [0.15, 0.2) is 0 Å². The van der Waals surface area contributed by atoms with Crippen LogP contribution in [0.3, 0.4) is 0 Å². The van der Waals surface area contributed by atoms with Gasteiger partial charge in [-0.2, -0.15) is 0 Å². The van der Waals surface area contributed by atoms with Gasteiger partial charge in [0.1, 0.15) is 11.8 Å². The van der Waals surface area contributed by atoms with E-state index in [1.807, 2.05) is 0 Å². The van der Waals surface area contributed by atoms with Crippen molar-refractivity contribution in [3.05, 3.63) is 93.9 Å². The number of benzene rings is 2. The van der Waals surface area contributed by atoms with Gasteiger partial charge in [-0.1, -0.05) is 17.7 Å². The maximum absolute atomic E-state index is 12.6. The summed E-state index contributed by atoms with van der Waals surface area (Å²) in [6.07, 6.45) is 1.17. The van der Waals surface area contributed by atoms with Gasteiger partial charge in [0.25, 0.3) is 11.5 Å². The van der Waals surface area contributed by atoms with Crippen molar-refractivity contribution in [1.82, 2.24) is 9.88 Å². The number of halogens is 1. The van der Waals surface area contributed by atoms with Crippen LogP contribution >= 0.6 is 11.6 Å². The zero-order chi connectivity index (χ0) is 22.4. The van der Waals surface area contributed by atoms with Crippen LogP contribution in [0.25, 0.3) is 5.69 Å². The van der Waals surface area contributed by atoms with Gasteiger partial charge in [0.2, 0.25) is 5.91 Å². The van der Waals surface area contributed by atoms with Gasteiger partial charge in [-0.05, 0) is 54.6 Å². The Morgan fingerprint density at radius 3 is 2.29 bits per heavy atom. The van der Waals surface area contributed by atoms with E-state index >= 15 is 0 Å². The Hall–Kier alpha value is -3.91. The summed E-state index contributed by atoms with van der Waals surface area (Å²) < 4.78 is 6.62. The number of rotatable bonds is 7. The van der Waals surface area contributed by atoms with Crippen LogP contribution in [-0.2, 0) is 9.59 Å². The number of amides is 2. The molecule has 0 spiro atoms. The SMILES string of the molecule is NC(=O)C[C@H](NC(=O)c1ccc(-n2ccccc2=O)cc1)C(=O)Oc1ccc(Cl)cc1. The molecule has 31 heavy (non-hydrogen) atoms. The number of nitrogens with zero attached hydrogens (tertiary/aromatic N) is 1. The zero-order valence-electron chi connectivity index (χ0n) is 16.2. The summed E-state index contributed by atoms with van der Waals surface area (Å²) in [5.41, 5.74) is 5.78. The Balaban J connectivity index is 1.73. The number of hydrogen-bond donors (Lipinski definition) is 2. The fourth-order valence-corrected chi connectivity index (χ4v) is 2.87. The third-order valence-electron chi connectivity index (χ3n) is 4.26. The Morgan fingerprint density at radius 1 is 1.00 bits per heavy atom. The smallest absolute Gasteiger partial charge is 0.334 e. The van der Waals surface area contributed by atoms with E-state index in [1.54, 1.807) is 30.5 Å². The maximum atomic E-state index is 12.6. The molecule has 0 bridgehead atoms. The van der Waals surface area contributed by atoms with E-state index in [9.17, 15) is 19.2 Å². The quantitative estimate of drug-likeness (QED) is 0.431. The van der Waals surface area contributed by atoms with Gasteiger partial charge >= 0.3 is 5.97 Å². The van der Waals surface area contributed by atoms with Gasteiger partial charge in [0.05, 0.1) is 6.42 Å². The van der Waals surface area contributed by atoms with Crippen molar-refractivity contribution in [1.29, 1.82) is 0 Å². The van der Waals surface area contributed by atoms with Crippen molar-refractivity contribution < 1.29 is 19.1 Å². The lowest BCUT2D eigenvalue weighted by Crippen LogP contribution is -2.45. The highest BCUT2D eigenvalue weighted by Gasteiger charge is 2.25. The lowest BCUT2D eigenvalue weighted by molar-refractivity contribution is -0.138. The molecule has 3 rings (SSSR count). The van der Waals surface area contributed by atoms with Gasteiger partial charge in [-0.3, -0.25) is 19.0 Å². The number of ether oxygens (including phenoxy) is 1. The maximum Gasteiger partial charge on any atom is 0.334 e. The van der Waals surface area contributed by atoms with Crippen molar-refractivity contribution in [3.8, 4) is 11.4 Å². The number of aromatic nitrogens is 1. The number of pyridine rings is 1. The van der Waals surface area contributed by atoms with E-state index in [4.69, 9.17) is 22.1 Å². The Bertz CT molecular complexity index is 1160. The van der Waals surface area contributed by atoms with Gasteiger partial charge in [-0.25, -0.2) is 4.79 Å². The number of primary amides is 1. The predicted octanol–water partition coefficient (Wildman–Crippen LogP) is 2.07. The number of nitrogens with two attached hydrogens (primary N) is 1. The summed E-state index contributed by atoms with van der Waals surface area (Å²) >= 11 is 5.80. The van der Waals surface area contributed by atoms with Crippen molar-refractivity contribution in [2.75, 3.05) is 0 Å². The van der Waals surface area contributed by atoms with E-state index in [0.717, 1.165) is 0 Å². The molecule has 0 radical (unpaired) electrons. The first-order valence-corrected chi connectivity index (χ1v) is 9.56. The minimum Gasteiger partial charge on any atom is -0.425 e. The molecule has 1 aromatic heterocycles. The van der Waals surface area contributed by atoms with E-state index < -0.39 is 30.2 Å². The number of carbonyl (C=O) groups is 3. The van der Waals surface area contributed by atoms with Gasteiger partial charge < -0.3 is 15.8 Å². The van der Waals surface area contributed by atoms with Crippen LogP contribution in [0.2, 0.25) is 5.02 Å². The summed E-state index contributed by atoms with van der Waals surface area (Å²) in [5, 5.41) is 2.92. The molecule has 1 heterocycles. The first-order chi connectivity index (χ1) is 14.8. The molecule has 1 atom stereocenters. The second-order valence-corrected chi connectivity index (χ2v) is 6.96. The van der Waals surface area contributed by atoms with Crippen molar-refractivity contribution in [2.24, 2.45) is 5.73 Å². The Kier molecular flexibility index (Phi) is 6.84. The van der Waals surface area contributed by atoms with Crippen LogP contribution in [0, 0.1) is 0 Å². The van der Waals surface area contributed by atoms with Crippen molar-refractivity contribution in [3.63, 3.8) is 0 Å². The van der Waals surface area contributed by atoms with E-state index in [0.29, 0.717) is 10.7 Å². The summed E-state index contributed by atoms with van der Waals surface area (Å²) in [6.45, 7) is 0. The van der Waals surface area contributed by atoms with Crippen LogP contribution < -0.4 is 21.3 Å². The third-order valence-corrected chi connectivity index (χ3v) is 4.51. The van der Waals surface area contributed by atoms with Crippen molar-refractivity contribution in [2.45, 2.75) is 12.5 Å². The minimum absolute atomic E-state index is 0.204. The molecule has 0 unspecified atom stereocenters. The molecule has 0 fully saturated rings. The molecular weight excluding hydrogens is 422 g/mol. The minimum atomic E-state index is -1.28. The third kappa shape index (κ3) is 5.80. The van der Waals surface area contributed by atoms with Crippen LogP contribution in [-0.4, -0.2) is 28.4 Å². The standard InChI is InChI=1S/C22H18ClN3O5/c23-15-6-10-17(11-7-15)31-22(30)18(13-19(24)27)25-21(29)14-4-8-16(9-5-14)26-12-2-1-3-20(26)28/h1-12,18H,13H2,(H2,24,27)(H,25,29)/t18-/m0/s1. The summed E-state index contributed by atoms with van der Waals surface area (Å²) in [6, 6.07) is 15.7. The highest BCUT2D eigenvalue weighted by molar-refractivity contribution is 6.30. The number of hydrogen-bond acceptors (Lipinski definition) is 5. The van der Waals surface area contributed by atoms with Gasteiger partial charge in [-0.15, -0.1) is 0 Å².